The fourth-order valence-electron chi connectivity index (χ4n) is 1.76. The van der Waals surface area contributed by atoms with Gasteiger partial charge in [0.2, 0.25) is 5.91 Å². The van der Waals surface area contributed by atoms with Crippen molar-refractivity contribution >= 4 is 5.91 Å². The normalized spacial score (nSPS) is 17.5. The van der Waals surface area contributed by atoms with Crippen molar-refractivity contribution in [3.05, 3.63) is 0 Å². The lowest BCUT2D eigenvalue weighted by molar-refractivity contribution is -0.162. The number of hydrogen-bond acceptors (Lipinski definition) is 3. The third-order valence-corrected chi connectivity index (χ3v) is 3.31. The van der Waals surface area contributed by atoms with Crippen molar-refractivity contribution in [2.45, 2.75) is 39.5 Å². The Balaban J connectivity index is 2.00. The number of unbranched alkanes of at least 4 members (excludes halogenated alkanes) is 1. The van der Waals surface area contributed by atoms with Crippen molar-refractivity contribution in [1.29, 1.82) is 0 Å². The van der Waals surface area contributed by atoms with E-state index in [1.165, 1.54) is 0 Å². The lowest BCUT2D eigenvalue weighted by Gasteiger charge is -2.39. The largest absolute Gasteiger partial charge is 0.381 e. The van der Waals surface area contributed by atoms with Gasteiger partial charge in [0.1, 0.15) is 0 Å². The van der Waals surface area contributed by atoms with Crippen LogP contribution in [0.3, 0.4) is 0 Å². The van der Waals surface area contributed by atoms with Gasteiger partial charge in [-0.15, -0.1) is 0 Å². The molecule has 0 radical (unpaired) electrons. The van der Waals surface area contributed by atoms with Crippen molar-refractivity contribution in [1.82, 2.24) is 5.32 Å². The molecule has 1 saturated heterocycles. The van der Waals surface area contributed by atoms with Crippen LogP contribution in [0.1, 0.15) is 39.5 Å². The van der Waals surface area contributed by atoms with Gasteiger partial charge in [0.05, 0.1) is 18.6 Å². The van der Waals surface area contributed by atoms with Crippen LogP contribution in [-0.2, 0) is 14.3 Å². The molecule has 0 aromatic heterocycles. The Bertz CT molecular complexity index is 221. The van der Waals surface area contributed by atoms with Gasteiger partial charge in [0.15, 0.2) is 0 Å². The molecule has 4 nitrogen and oxygen atoms in total. The summed E-state index contributed by atoms with van der Waals surface area (Å²) in [4.78, 5) is 11.9. The van der Waals surface area contributed by atoms with E-state index in [0.717, 1.165) is 38.9 Å². The first-order valence-corrected chi connectivity index (χ1v) is 6.69. The zero-order valence-electron chi connectivity index (χ0n) is 11.1. The van der Waals surface area contributed by atoms with Crippen LogP contribution < -0.4 is 5.32 Å². The van der Waals surface area contributed by atoms with E-state index in [1.54, 1.807) is 0 Å². The molecule has 1 heterocycles. The van der Waals surface area contributed by atoms with E-state index in [1.807, 2.05) is 6.92 Å². The fourth-order valence-corrected chi connectivity index (χ4v) is 1.76. The molecule has 1 aliphatic rings. The second-order valence-electron chi connectivity index (χ2n) is 4.70. The van der Waals surface area contributed by atoms with Crippen LogP contribution in [0.15, 0.2) is 0 Å². The number of carbonyl (C=O) groups excluding carboxylic acids is 1. The number of rotatable bonds is 9. The summed E-state index contributed by atoms with van der Waals surface area (Å²) in [5, 5.41) is 2.97. The summed E-state index contributed by atoms with van der Waals surface area (Å²) in [5.74, 6) is 0.139. The lowest BCUT2D eigenvalue weighted by Crippen LogP contribution is -2.53. The third-order valence-electron chi connectivity index (χ3n) is 3.31. The summed E-state index contributed by atoms with van der Waals surface area (Å²) in [5.41, 5.74) is -0.247. The molecule has 0 saturated carbocycles. The Hall–Kier alpha value is -0.610. The molecular formula is C13H25NO3. The number of carbonyl (C=O) groups is 1. The van der Waals surface area contributed by atoms with E-state index >= 15 is 0 Å². The Morgan fingerprint density at radius 2 is 2.00 bits per heavy atom. The Kier molecular flexibility index (Phi) is 6.52. The highest BCUT2D eigenvalue weighted by atomic mass is 16.5. The number of ether oxygens (including phenoxy) is 2. The van der Waals surface area contributed by atoms with Gasteiger partial charge in [0.25, 0.3) is 0 Å². The van der Waals surface area contributed by atoms with E-state index < -0.39 is 0 Å². The molecule has 1 N–H and O–H groups in total. The molecule has 0 aromatic rings. The zero-order valence-corrected chi connectivity index (χ0v) is 11.1. The maximum Gasteiger partial charge on any atom is 0.230 e. The van der Waals surface area contributed by atoms with Gasteiger partial charge in [-0.1, -0.05) is 20.3 Å². The topological polar surface area (TPSA) is 47.6 Å². The minimum Gasteiger partial charge on any atom is -0.381 e. The number of hydrogen-bond donors (Lipinski definition) is 1. The summed E-state index contributed by atoms with van der Waals surface area (Å²) in [6.45, 7) is 7.59. The Morgan fingerprint density at radius 3 is 2.53 bits per heavy atom. The first kappa shape index (κ1) is 14.5. The number of amides is 1. The molecule has 4 heteroatoms. The maximum absolute atomic E-state index is 11.9. The standard InChI is InChI=1S/C13H25NO3/c1-3-5-8-16-9-6-7-14-12(15)13(4-2)10-17-11-13/h3-11H2,1-2H3,(H,14,15). The van der Waals surface area contributed by atoms with Gasteiger partial charge in [-0.3, -0.25) is 4.79 Å². The van der Waals surface area contributed by atoms with Gasteiger partial charge < -0.3 is 14.8 Å². The summed E-state index contributed by atoms with van der Waals surface area (Å²) >= 11 is 0. The van der Waals surface area contributed by atoms with Crippen molar-refractivity contribution in [3.8, 4) is 0 Å². The second-order valence-corrected chi connectivity index (χ2v) is 4.70. The Labute approximate surface area is 104 Å². The van der Waals surface area contributed by atoms with Crippen LogP contribution in [0, 0.1) is 5.41 Å². The van der Waals surface area contributed by atoms with E-state index in [4.69, 9.17) is 9.47 Å². The third kappa shape index (κ3) is 4.28. The highest BCUT2D eigenvalue weighted by Crippen LogP contribution is 2.31. The van der Waals surface area contributed by atoms with Crippen LogP contribution in [0.25, 0.3) is 0 Å². The van der Waals surface area contributed by atoms with Crippen LogP contribution in [0.5, 0.6) is 0 Å². The monoisotopic (exact) mass is 243 g/mol. The lowest BCUT2D eigenvalue weighted by atomic mass is 9.82. The van der Waals surface area contributed by atoms with Crippen LogP contribution >= 0.6 is 0 Å². The number of nitrogens with one attached hydrogen (secondary N) is 1. The molecule has 1 aliphatic heterocycles. The minimum absolute atomic E-state index is 0.139. The smallest absolute Gasteiger partial charge is 0.230 e. The van der Waals surface area contributed by atoms with Gasteiger partial charge in [-0.2, -0.15) is 0 Å². The van der Waals surface area contributed by atoms with Gasteiger partial charge in [-0.25, -0.2) is 0 Å². The van der Waals surface area contributed by atoms with E-state index in [-0.39, 0.29) is 11.3 Å². The maximum atomic E-state index is 11.9. The first-order valence-electron chi connectivity index (χ1n) is 6.69. The fraction of sp³-hybridized carbons (Fsp3) is 0.923. The quantitative estimate of drug-likeness (QED) is 0.627. The SMILES string of the molecule is CCCCOCCCNC(=O)C1(CC)COC1. The van der Waals surface area contributed by atoms with Crippen molar-refractivity contribution in [2.24, 2.45) is 5.41 Å². The van der Waals surface area contributed by atoms with Crippen LogP contribution in [0.4, 0.5) is 0 Å². The molecule has 0 unspecified atom stereocenters. The average molecular weight is 243 g/mol. The van der Waals surface area contributed by atoms with E-state index in [9.17, 15) is 4.79 Å². The summed E-state index contributed by atoms with van der Waals surface area (Å²) in [6.07, 6.45) is 4.01. The van der Waals surface area contributed by atoms with Crippen molar-refractivity contribution in [2.75, 3.05) is 33.0 Å². The molecule has 0 spiro atoms. The predicted octanol–water partition coefficient (Wildman–Crippen LogP) is 1.74. The molecular weight excluding hydrogens is 218 g/mol. The molecule has 0 bridgehead atoms. The molecule has 100 valence electrons. The van der Waals surface area contributed by atoms with Gasteiger partial charge in [-0.05, 0) is 19.3 Å². The van der Waals surface area contributed by atoms with Crippen LogP contribution in [0.2, 0.25) is 0 Å². The van der Waals surface area contributed by atoms with Gasteiger partial charge in [0, 0.05) is 19.8 Å². The van der Waals surface area contributed by atoms with E-state index in [2.05, 4.69) is 12.2 Å². The summed E-state index contributed by atoms with van der Waals surface area (Å²) < 4.78 is 10.6. The van der Waals surface area contributed by atoms with Crippen LogP contribution in [-0.4, -0.2) is 38.9 Å². The van der Waals surface area contributed by atoms with Crippen molar-refractivity contribution < 1.29 is 14.3 Å². The van der Waals surface area contributed by atoms with Crippen molar-refractivity contribution in [3.63, 3.8) is 0 Å². The van der Waals surface area contributed by atoms with Gasteiger partial charge >= 0.3 is 0 Å². The summed E-state index contributed by atoms with van der Waals surface area (Å²) in [7, 11) is 0. The zero-order chi connectivity index (χ0) is 12.6. The molecule has 1 amide bonds. The molecule has 0 aliphatic carbocycles. The molecule has 0 aromatic carbocycles. The molecule has 1 fully saturated rings. The summed E-state index contributed by atoms with van der Waals surface area (Å²) in [6, 6.07) is 0. The van der Waals surface area contributed by atoms with E-state index in [0.29, 0.717) is 19.8 Å². The molecule has 17 heavy (non-hydrogen) atoms. The Morgan fingerprint density at radius 1 is 1.29 bits per heavy atom. The molecule has 0 atom stereocenters. The second kappa shape index (κ2) is 7.67. The first-order chi connectivity index (χ1) is 8.25. The predicted molar refractivity (Wildman–Crippen MR) is 66.9 cm³/mol. The average Bonchev–Trinajstić information content (AvgIpc) is 2.27. The minimum atomic E-state index is -0.247. The highest BCUT2D eigenvalue weighted by Gasteiger charge is 2.43. The molecule has 1 rings (SSSR count). The highest BCUT2D eigenvalue weighted by molar-refractivity contribution is 5.83.